The van der Waals surface area contributed by atoms with Gasteiger partial charge in [-0.2, -0.15) is 0 Å². The number of benzene rings is 1. The van der Waals surface area contributed by atoms with Crippen LogP contribution in [-0.2, 0) is 4.79 Å². The summed E-state index contributed by atoms with van der Waals surface area (Å²) >= 11 is 3.40. The van der Waals surface area contributed by atoms with Gasteiger partial charge in [-0.25, -0.2) is 0 Å². The maximum atomic E-state index is 12.0. The Bertz CT molecular complexity index is 404. The molecule has 1 atom stereocenters. The fraction of sp³-hybridized carbons (Fsp3) is 0.462. The minimum Gasteiger partial charge on any atom is -0.330 e. The molecule has 0 bridgehead atoms. The molecule has 0 aliphatic heterocycles. The molecule has 0 spiro atoms. The first-order chi connectivity index (χ1) is 7.95. The number of hydrogen-bond donors (Lipinski definition) is 2. The van der Waals surface area contributed by atoms with E-state index in [9.17, 15) is 4.79 Å². The van der Waals surface area contributed by atoms with Crippen LogP contribution >= 0.6 is 15.9 Å². The van der Waals surface area contributed by atoms with Crippen LogP contribution < -0.4 is 11.1 Å². The van der Waals surface area contributed by atoms with Crippen molar-refractivity contribution in [3.8, 4) is 0 Å². The number of nitrogens with two attached hydrogens (primary N) is 1. The van der Waals surface area contributed by atoms with Crippen molar-refractivity contribution in [3.63, 3.8) is 0 Å². The SMILES string of the molecule is Cc1cc(Br)ccc1NC(=O)C(CN)C(C)C. The molecule has 3 nitrogen and oxygen atoms in total. The zero-order valence-electron chi connectivity index (χ0n) is 10.5. The van der Waals surface area contributed by atoms with Crippen molar-refractivity contribution < 1.29 is 4.79 Å². The van der Waals surface area contributed by atoms with Crippen LogP contribution in [0.2, 0.25) is 0 Å². The van der Waals surface area contributed by atoms with E-state index in [0.717, 1.165) is 15.7 Å². The van der Waals surface area contributed by atoms with Gasteiger partial charge < -0.3 is 11.1 Å². The third-order valence-corrected chi connectivity index (χ3v) is 3.34. The molecular formula is C13H19BrN2O. The Morgan fingerprint density at radius 3 is 2.59 bits per heavy atom. The highest BCUT2D eigenvalue weighted by molar-refractivity contribution is 9.10. The van der Waals surface area contributed by atoms with E-state index in [4.69, 9.17) is 5.73 Å². The van der Waals surface area contributed by atoms with E-state index in [2.05, 4.69) is 21.2 Å². The maximum Gasteiger partial charge on any atom is 0.229 e. The molecule has 1 unspecified atom stereocenters. The van der Waals surface area contributed by atoms with Crippen molar-refractivity contribution in [2.45, 2.75) is 20.8 Å². The molecule has 1 aromatic rings. The normalized spacial score (nSPS) is 12.6. The van der Waals surface area contributed by atoms with E-state index in [0.29, 0.717) is 6.54 Å². The Labute approximate surface area is 111 Å². The van der Waals surface area contributed by atoms with Crippen molar-refractivity contribution in [3.05, 3.63) is 28.2 Å². The van der Waals surface area contributed by atoms with Crippen LogP contribution in [0.25, 0.3) is 0 Å². The molecule has 3 N–H and O–H groups in total. The lowest BCUT2D eigenvalue weighted by molar-refractivity contribution is -0.120. The molecule has 17 heavy (non-hydrogen) atoms. The second-order valence-corrected chi connectivity index (χ2v) is 5.45. The number of aryl methyl sites for hydroxylation is 1. The molecular weight excluding hydrogens is 280 g/mol. The standard InChI is InChI=1S/C13H19BrN2O/c1-8(2)11(7-15)13(17)16-12-5-4-10(14)6-9(12)3/h4-6,8,11H,7,15H2,1-3H3,(H,16,17). The summed E-state index contributed by atoms with van der Waals surface area (Å²) in [6.45, 7) is 6.35. The van der Waals surface area contributed by atoms with Crippen LogP contribution in [0.3, 0.4) is 0 Å². The smallest absolute Gasteiger partial charge is 0.229 e. The van der Waals surface area contributed by atoms with Gasteiger partial charge in [0.1, 0.15) is 0 Å². The van der Waals surface area contributed by atoms with Crippen LogP contribution in [0.5, 0.6) is 0 Å². The molecule has 1 amide bonds. The molecule has 0 radical (unpaired) electrons. The van der Waals surface area contributed by atoms with Gasteiger partial charge in [0.2, 0.25) is 5.91 Å². The number of halogens is 1. The van der Waals surface area contributed by atoms with E-state index in [1.807, 2.05) is 39.0 Å². The van der Waals surface area contributed by atoms with Gasteiger partial charge in [0.25, 0.3) is 0 Å². The highest BCUT2D eigenvalue weighted by Crippen LogP contribution is 2.21. The monoisotopic (exact) mass is 298 g/mol. The third-order valence-electron chi connectivity index (χ3n) is 2.84. The number of hydrogen-bond acceptors (Lipinski definition) is 2. The minimum absolute atomic E-state index is 0.00655. The number of carbonyl (C=O) groups is 1. The van der Waals surface area contributed by atoms with Crippen LogP contribution in [0.15, 0.2) is 22.7 Å². The van der Waals surface area contributed by atoms with Gasteiger partial charge in [0, 0.05) is 16.7 Å². The summed E-state index contributed by atoms with van der Waals surface area (Å²) in [5.41, 5.74) is 7.50. The Morgan fingerprint density at radius 2 is 2.12 bits per heavy atom. The van der Waals surface area contributed by atoms with Gasteiger partial charge in [0.15, 0.2) is 0 Å². The Balaban J connectivity index is 2.80. The lowest BCUT2D eigenvalue weighted by atomic mass is 9.95. The highest BCUT2D eigenvalue weighted by Gasteiger charge is 2.20. The number of anilines is 1. The number of rotatable bonds is 4. The molecule has 0 aliphatic carbocycles. The first-order valence-electron chi connectivity index (χ1n) is 5.72. The number of amides is 1. The average molecular weight is 299 g/mol. The fourth-order valence-corrected chi connectivity index (χ4v) is 2.15. The van der Waals surface area contributed by atoms with Crippen LogP contribution in [0, 0.1) is 18.8 Å². The first-order valence-corrected chi connectivity index (χ1v) is 6.52. The van der Waals surface area contributed by atoms with Crippen molar-refractivity contribution in [2.75, 3.05) is 11.9 Å². The Hall–Kier alpha value is -0.870. The highest BCUT2D eigenvalue weighted by atomic mass is 79.9. The van der Waals surface area contributed by atoms with Crippen molar-refractivity contribution in [1.29, 1.82) is 0 Å². The lowest BCUT2D eigenvalue weighted by Crippen LogP contribution is -2.33. The van der Waals surface area contributed by atoms with Crippen molar-refractivity contribution >= 4 is 27.5 Å². The van der Waals surface area contributed by atoms with Crippen molar-refractivity contribution in [2.24, 2.45) is 17.6 Å². The molecule has 1 aromatic carbocycles. The molecule has 94 valence electrons. The zero-order chi connectivity index (χ0) is 13.0. The zero-order valence-corrected chi connectivity index (χ0v) is 12.0. The maximum absolute atomic E-state index is 12.0. The van der Waals surface area contributed by atoms with Gasteiger partial charge in [-0.15, -0.1) is 0 Å². The topological polar surface area (TPSA) is 55.1 Å². The summed E-state index contributed by atoms with van der Waals surface area (Å²) < 4.78 is 1.01. The van der Waals surface area contributed by atoms with Crippen molar-refractivity contribution in [1.82, 2.24) is 0 Å². The second-order valence-electron chi connectivity index (χ2n) is 4.53. The van der Waals surface area contributed by atoms with E-state index < -0.39 is 0 Å². The molecule has 0 saturated heterocycles. The Kier molecular flexibility index (Phi) is 5.15. The van der Waals surface area contributed by atoms with Crippen LogP contribution in [-0.4, -0.2) is 12.5 Å². The summed E-state index contributed by atoms with van der Waals surface area (Å²) in [5.74, 6) is 0.0988. The average Bonchev–Trinajstić information content (AvgIpc) is 2.22. The lowest BCUT2D eigenvalue weighted by Gasteiger charge is -2.19. The fourth-order valence-electron chi connectivity index (χ4n) is 1.67. The van der Waals surface area contributed by atoms with Gasteiger partial charge in [-0.3, -0.25) is 4.79 Å². The Morgan fingerprint density at radius 1 is 1.47 bits per heavy atom. The third kappa shape index (κ3) is 3.82. The summed E-state index contributed by atoms with van der Waals surface area (Å²) in [4.78, 5) is 12.0. The van der Waals surface area contributed by atoms with Gasteiger partial charge in [0.05, 0.1) is 5.92 Å². The van der Waals surface area contributed by atoms with Crippen LogP contribution in [0.4, 0.5) is 5.69 Å². The molecule has 4 heteroatoms. The molecule has 0 aliphatic rings. The largest absolute Gasteiger partial charge is 0.330 e. The quantitative estimate of drug-likeness (QED) is 0.898. The molecule has 0 aromatic heterocycles. The van der Waals surface area contributed by atoms with Gasteiger partial charge in [-0.1, -0.05) is 29.8 Å². The minimum atomic E-state index is -0.141. The number of carbonyl (C=O) groups excluding carboxylic acids is 1. The summed E-state index contributed by atoms with van der Waals surface area (Å²) in [7, 11) is 0. The first kappa shape index (κ1) is 14.2. The van der Waals surface area contributed by atoms with E-state index >= 15 is 0 Å². The number of nitrogens with one attached hydrogen (secondary N) is 1. The second kappa shape index (κ2) is 6.17. The van der Waals surface area contributed by atoms with Gasteiger partial charge in [-0.05, 0) is 36.6 Å². The predicted octanol–water partition coefficient (Wildman–Crippen LogP) is 2.93. The predicted molar refractivity (Wildman–Crippen MR) is 74.9 cm³/mol. The van der Waals surface area contributed by atoms with E-state index in [1.165, 1.54) is 0 Å². The van der Waals surface area contributed by atoms with Gasteiger partial charge >= 0.3 is 0 Å². The van der Waals surface area contributed by atoms with Crippen LogP contribution in [0.1, 0.15) is 19.4 Å². The summed E-state index contributed by atoms with van der Waals surface area (Å²) in [6.07, 6.45) is 0. The molecule has 0 heterocycles. The van der Waals surface area contributed by atoms with E-state index in [1.54, 1.807) is 0 Å². The molecule has 0 fully saturated rings. The summed E-state index contributed by atoms with van der Waals surface area (Å²) in [5, 5.41) is 2.93. The summed E-state index contributed by atoms with van der Waals surface area (Å²) in [6, 6.07) is 5.78. The molecule has 0 saturated carbocycles. The molecule has 1 rings (SSSR count). The van der Waals surface area contributed by atoms with E-state index in [-0.39, 0.29) is 17.7 Å².